The van der Waals surface area contributed by atoms with E-state index in [0.29, 0.717) is 5.92 Å². The third kappa shape index (κ3) is 2.27. The van der Waals surface area contributed by atoms with Gasteiger partial charge >= 0.3 is 0 Å². The molecule has 0 bridgehead atoms. The molecule has 1 aromatic carbocycles. The number of ether oxygens (including phenoxy) is 2. The second kappa shape index (κ2) is 4.71. The summed E-state index contributed by atoms with van der Waals surface area (Å²) in [4.78, 5) is 0. The number of hydrogen-bond acceptors (Lipinski definition) is 2. The minimum Gasteiger partial charge on any atom is -0.460 e. The molecule has 0 saturated carbocycles. The monoisotopic (exact) mass is 218 g/mol. The molecule has 0 saturated heterocycles. The van der Waals surface area contributed by atoms with Gasteiger partial charge in [-0.3, -0.25) is 0 Å². The first-order valence-corrected chi connectivity index (χ1v) is 5.75. The zero-order chi connectivity index (χ0) is 11.5. The molecule has 0 N–H and O–H groups in total. The van der Waals surface area contributed by atoms with Crippen molar-refractivity contribution in [2.24, 2.45) is 5.92 Å². The van der Waals surface area contributed by atoms with Gasteiger partial charge in [-0.05, 0) is 18.4 Å². The molecular formula is C14H18O2. The van der Waals surface area contributed by atoms with Crippen LogP contribution < -0.4 is 4.74 Å². The predicted molar refractivity (Wildman–Crippen MR) is 65.3 cm³/mol. The van der Waals surface area contributed by atoms with E-state index in [1.54, 1.807) is 0 Å². The molecular weight excluding hydrogens is 200 g/mol. The van der Waals surface area contributed by atoms with Crippen molar-refractivity contribution in [2.75, 3.05) is 6.61 Å². The number of rotatable bonds is 4. The molecule has 16 heavy (non-hydrogen) atoms. The SMILES string of the molecule is C=C1c2ccccc2OC1OCCC(C)C. The average molecular weight is 218 g/mol. The molecule has 0 amide bonds. The minimum absolute atomic E-state index is 0.295. The molecule has 1 atom stereocenters. The molecule has 0 fully saturated rings. The molecule has 0 spiro atoms. The maximum Gasteiger partial charge on any atom is 0.226 e. The summed E-state index contributed by atoms with van der Waals surface area (Å²) in [6.45, 7) is 9.11. The number of benzene rings is 1. The molecule has 1 aromatic rings. The van der Waals surface area contributed by atoms with Crippen LogP contribution in [-0.2, 0) is 4.74 Å². The molecule has 0 aliphatic carbocycles. The van der Waals surface area contributed by atoms with Gasteiger partial charge in [0.15, 0.2) is 0 Å². The summed E-state index contributed by atoms with van der Waals surface area (Å²) in [5.41, 5.74) is 2.00. The average Bonchev–Trinajstić information content (AvgIpc) is 2.56. The Balaban J connectivity index is 1.94. The van der Waals surface area contributed by atoms with Gasteiger partial charge < -0.3 is 9.47 Å². The largest absolute Gasteiger partial charge is 0.460 e. The van der Waals surface area contributed by atoms with E-state index in [2.05, 4.69) is 20.4 Å². The van der Waals surface area contributed by atoms with Crippen LogP contribution in [0, 0.1) is 5.92 Å². The van der Waals surface area contributed by atoms with Crippen LogP contribution in [0.15, 0.2) is 30.8 Å². The Kier molecular flexibility index (Phi) is 3.30. The Hall–Kier alpha value is -1.28. The molecule has 1 unspecified atom stereocenters. The van der Waals surface area contributed by atoms with Crippen LogP contribution in [0.3, 0.4) is 0 Å². The van der Waals surface area contributed by atoms with Gasteiger partial charge in [0, 0.05) is 11.1 Å². The van der Waals surface area contributed by atoms with Crippen LogP contribution in [0.5, 0.6) is 5.75 Å². The zero-order valence-electron chi connectivity index (χ0n) is 9.90. The quantitative estimate of drug-likeness (QED) is 0.770. The molecule has 0 aromatic heterocycles. The summed E-state index contributed by atoms with van der Waals surface area (Å²) in [6.07, 6.45) is 0.750. The Morgan fingerprint density at radius 3 is 2.81 bits per heavy atom. The molecule has 1 aliphatic rings. The first-order valence-electron chi connectivity index (χ1n) is 5.75. The van der Waals surface area contributed by atoms with Gasteiger partial charge in [0.05, 0.1) is 6.61 Å². The number of hydrogen-bond donors (Lipinski definition) is 0. The van der Waals surface area contributed by atoms with Gasteiger partial charge in [-0.15, -0.1) is 0 Å². The maximum atomic E-state index is 5.69. The normalized spacial score (nSPS) is 18.7. The second-order valence-electron chi connectivity index (χ2n) is 4.52. The highest BCUT2D eigenvalue weighted by atomic mass is 16.7. The van der Waals surface area contributed by atoms with Crippen LogP contribution >= 0.6 is 0 Å². The van der Waals surface area contributed by atoms with Crippen molar-refractivity contribution in [3.05, 3.63) is 36.4 Å². The Morgan fingerprint density at radius 2 is 2.12 bits per heavy atom. The smallest absolute Gasteiger partial charge is 0.226 e. The summed E-state index contributed by atoms with van der Waals surface area (Å²) in [5, 5.41) is 0. The van der Waals surface area contributed by atoms with Gasteiger partial charge in [0.25, 0.3) is 0 Å². The Bertz CT molecular complexity index is 382. The summed E-state index contributed by atoms with van der Waals surface area (Å²) >= 11 is 0. The fourth-order valence-corrected chi connectivity index (χ4v) is 1.69. The Labute approximate surface area is 96.9 Å². The highest BCUT2D eigenvalue weighted by Crippen LogP contribution is 2.36. The van der Waals surface area contributed by atoms with Crippen molar-refractivity contribution >= 4 is 5.57 Å². The van der Waals surface area contributed by atoms with E-state index >= 15 is 0 Å². The van der Waals surface area contributed by atoms with Crippen LogP contribution in [0.4, 0.5) is 0 Å². The molecule has 2 rings (SSSR count). The van der Waals surface area contributed by atoms with Gasteiger partial charge in [-0.1, -0.05) is 38.6 Å². The van der Waals surface area contributed by atoms with Crippen LogP contribution in [-0.4, -0.2) is 12.9 Å². The summed E-state index contributed by atoms with van der Waals surface area (Å²) in [6, 6.07) is 7.92. The summed E-state index contributed by atoms with van der Waals surface area (Å²) in [5.74, 6) is 1.53. The van der Waals surface area contributed by atoms with Crippen molar-refractivity contribution in [3.63, 3.8) is 0 Å². The van der Waals surface area contributed by atoms with Crippen molar-refractivity contribution in [1.82, 2.24) is 0 Å². The molecule has 1 aliphatic heterocycles. The Morgan fingerprint density at radius 1 is 1.38 bits per heavy atom. The van der Waals surface area contributed by atoms with Crippen LogP contribution in [0.1, 0.15) is 25.8 Å². The van der Waals surface area contributed by atoms with E-state index in [9.17, 15) is 0 Å². The van der Waals surface area contributed by atoms with Gasteiger partial charge in [0.1, 0.15) is 5.75 Å². The molecule has 0 radical (unpaired) electrons. The van der Waals surface area contributed by atoms with Gasteiger partial charge in [-0.2, -0.15) is 0 Å². The molecule has 2 nitrogen and oxygen atoms in total. The number of para-hydroxylation sites is 1. The summed E-state index contributed by atoms with van der Waals surface area (Å²) in [7, 11) is 0. The lowest BCUT2D eigenvalue weighted by Crippen LogP contribution is -2.17. The van der Waals surface area contributed by atoms with Crippen LogP contribution in [0.25, 0.3) is 5.57 Å². The van der Waals surface area contributed by atoms with Crippen molar-refractivity contribution in [2.45, 2.75) is 26.6 Å². The van der Waals surface area contributed by atoms with Gasteiger partial charge in [-0.25, -0.2) is 0 Å². The third-order valence-corrected chi connectivity index (χ3v) is 2.72. The first kappa shape index (κ1) is 11.2. The van der Waals surface area contributed by atoms with Crippen LogP contribution in [0.2, 0.25) is 0 Å². The molecule has 86 valence electrons. The zero-order valence-corrected chi connectivity index (χ0v) is 9.90. The van der Waals surface area contributed by atoms with Gasteiger partial charge in [0.2, 0.25) is 6.29 Å². The van der Waals surface area contributed by atoms with Crippen molar-refractivity contribution in [1.29, 1.82) is 0 Å². The van der Waals surface area contributed by atoms with E-state index in [-0.39, 0.29) is 6.29 Å². The van der Waals surface area contributed by atoms with E-state index in [1.807, 2.05) is 24.3 Å². The first-order chi connectivity index (χ1) is 7.68. The summed E-state index contributed by atoms with van der Waals surface area (Å²) < 4.78 is 11.4. The maximum absolute atomic E-state index is 5.69. The van der Waals surface area contributed by atoms with E-state index in [4.69, 9.17) is 9.47 Å². The topological polar surface area (TPSA) is 18.5 Å². The highest BCUT2D eigenvalue weighted by Gasteiger charge is 2.26. The van der Waals surface area contributed by atoms with E-state index in [0.717, 1.165) is 29.9 Å². The lowest BCUT2D eigenvalue weighted by atomic mass is 10.1. The van der Waals surface area contributed by atoms with E-state index in [1.165, 1.54) is 0 Å². The lowest BCUT2D eigenvalue weighted by Gasteiger charge is -2.13. The third-order valence-electron chi connectivity index (χ3n) is 2.72. The fourth-order valence-electron chi connectivity index (χ4n) is 1.69. The molecule has 1 heterocycles. The molecule has 2 heteroatoms. The van der Waals surface area contributed by atoms with Crippen molar-refractivity contribution < 1.29 is 9.47 Å². The standard InChI is InChI=1S/C14H18O2/c1-10(2)8-9-15-14-11(3)12-6-4-5-7-13(12)16-14/h4-7,10,14H,3,8-9H2,1-2H3. The minimum atomic E-state index is -0.295. The number of fused-ring (bicyclic) bond motifs is 1. The highest BCUT2D eigenvalue weighted by molar-refractivity contribution is 5.74. The van der Waals surface area contributed by atoms with E-state index < -0.39 is 0 Å². The van der Waals surface area contributed by atoms with Crippen molar-refractivity contribution in [3.8, 4) is 5.75 Å². The fraction of sp³-hybridized carbons (Fsp3) is 0.429. The predicted octanol–water partition coefficient (Wildman–Crippen LogP) is 3.48. The lowest BCUT2D eigenvalue weighted by molar-refractivity contribution is -0.0341. The second-order valence-corrected chi connectivity index (χ2v) is 4.52.